The van der Waals surface area contributed by atoms with Gasteiger partial charge in [-0.05, 0) is 30.7 Å². The summed E-state index contributed by atoms with van der Waals surface area (Å²) in [5.74, 6) is 6.82. The molecule has 0 aliphatic rings. The van der Waals surface area contributed by atoms with Gasteiger partial charge in [0.1, 0.15) is 5.75 Å². The van der Waals surface area contributed by atoms with Crippen LogP contribution in [0.15, 0.2) is 24.3 Å². The van der Waals surface area contributed by atoms with E-state index in [4.69, 9.17) is 9.84 Å². The summed E-state index contributed by atoms with van der Waals surface area (Å²) in [5, 5.41) is 8.65. The van der Waals surface area contributed by atoms with Crippen molar-refractivity contribution in [1.82, 2.24) is 0 Å². The molecule has 0 aliphatic carbocycles. The van der Waals surface area contributed by atoms with Gasteiger partial charge in [-0.3, -0.25) is 0 Å². The lowest BCUT2D eigenvalue weighted by molar-refractivity contribution is 0.304. The molecule has 0 bridgehead atoms. The van der Waals surface area contributed by atoms with Crippen molar-refractivity contribution in [2.75, 3.05) is 13.2 Å². The van der Waals surface area contributed by atoms with E-state index < -0.39 is 0 Å². The topological polar surface area (TPSA) is 29.5 Å². The zero-order chi connectivity index (χ0) is 14.5. The molecule has 2 nitrogen and oxygen atoms in total. The molecule has 20 heavy (non-hydrogen) atoms. The van der Waals surface area contributed by atoms with Gasteiger partial charge in [-0.25, -0.2) is 0 Å². The molecule has 1 aromatic rings. The lowest BCUT2D eigenvalue weighted by Gasteiger charge is -2.06. The highest BCUT2D eigenvalue weighted by Crippen LogP contribution is 2.13. The van der Waals surface area contributed by atoms with Crippen molar-refractivity contribution in [3.05, 3.63) is 29.8 Å². The number of hydrogen-bond donors (Lipinski definition) is 1. The molecule has 0 radical (unpaired) electrons. The molecule has 1 aromatic carbocycles. The van der Waals surface area contributed by atoms with Crippen LogP contribution in [-0.4, -0.2) is 18.3 Å². The SMILES string of the molecule is CCCCCCCCOc1ccc(C#CCCO)cc1. The molecule has 0 atom stereocenters. The van der Waals surface area contributed by atoms with Gasteiger partial charge in [0.25, 0.3) is 0 Å². The number of aliphatic hydroxyl groups excluding tert-OH is 1. The first kappa shape index (κ1) is 16.6. The van der Waals surface area contributed by atoms with E-state index in [0.29, 0.717) is 6.42 Å². The van der Waals surface area contributed by atoms with Gasteiger partial charge in [-0.1, -0.05) is 50.9 Å². The Morgan fingerprint density at radius 2 is 1.70 bits per heavy atom. The van der Waals surface area contributed by atoms with Gasteiger partial charge >= 0.3 is 0 Å². The lowest BCUT2D eigenvalue weighted by atomic mass is 10.1. The Morgan fingerprint density at radius 1 is 1.00 bits per heavy atom. The minimum atomic E-state index is 0.118. The number of benzene rings is 1. The first-order chi connectivity index (χ1) is 9.86. The molecule has 0 saturated carbocycles. The van der Waals surface area contributed by atoms with E-state index in [2.05, 4.69) is 18.8 Å². The zero-order valence-corrected chi connectivity index (χ0v) is 12.5. The maximum atomic E-state index is 8.65. The van der Waals surface area contributed by atoms with Crippen LogP contribution in [0.1, 0.15) is 57.4 Å². The number of unbranched alkanes of at least 4 members (excludes halogenated alkanes) is 5. The van der Waals surface area contributed by atoms with E-state index in [0.717, 1.165) is 24.3 Å². The minimum absolute atomic E-state index is 0.118. The molecule has 0 fully saturated rings. The molecular formula is C18H26O2. The monoisotopic (exact) mass is 274 g/mol. The van der Waals surface area contributed by atoms with Crippen molar-refractivity contribution >= 4 is 0 Å². The Balaban J connectivity index is 2.17. The van der Waals surface area contributed by atoms with E-state index in [1.807, 2.05) is 24.3 Å². The third-order valence-corrected chi connectivity index (χ3v) is 3.09. The Labute approximate surface area is 123 Å². The molecule has 0 aliphatic heterocycles. The van der Waals surface area contributed by atoms with Gasteiger partial charge in [0.2, 0.25) is 0 Å². The summed E-state index contributed by atoms with van der Waals surface area (Å²) in [6, 6.07) is 7.84. The van der Waals surface area contributed by atoms with Crippen LogP contribution < -0.4 is 4.74 Å². The smallest absolute Gasteiger partial charge is 0.119 e. The summed E-state index contributed by atoms with van der Waals surface area (Å²) in [5.41, 5.74) is 0.963. The second-order valence-corrected chi connectivity index (χ2v) is 4.92. The van der Waals surface area contributed by atoms with E-state index >= 15 is 0 Å². The van der Waals surface area contributed by atoms with E-state index in [1.165, 1.54) is 32.1 Å². The normalized spacial score (nSPS) is 9.90. The molecule has 0 saturated heterocycles. The van der Waals surface area contributed by atoms with Crippen LogP contribution in [0.3, 0.4) is 0 Å². The van der Waals surface area contributed by atoms with Gasteiger partial charge in [-0.2, -0.15) is 0 Å². The molecule has 2 heteroatoms. The van der Waals surface area contributed by atoms with Crippen LogP contribution in [-0.2, 0) is 0 Å². The second kappa shape index (κ2) is 11.4. The fourth-order valence-corrected chi connectivity index (χ4v) is 1.93. The third kappa shape index (κ3) is 7.86. The number of ether oxygens (including phenoxy) is 1. The van der Waals surface area contributed by atoms with Gasteiger partial charge in [0.15, 0.2) is 0 Å². The molecule has 0 aromatic heterocycles. The number of hydrogen-bond acceptors (Lipinski definition) is 2. The molecule has 0 heterocycles. The fraction of sp³-hybridized carbons (Fsp3) is 0.556. The minimum Gasteiger partial charge on any atom is -0.494 e. The van der Waals surface area contributed by atoms with Crippen LogP contribution in [0.2, 0.25) is 0 Å². The average molecular weight is 274 g/mol. The number of rotatable bonds is 9. The van der Waals surface area contributed by atoms with Gasteiger partial charge in [0.05, 0.1) is 13.2 Å². The van der Waals surface area contributed by atoms with Crippen molar-refractivity contribution in [3.8, 4) is 17.6 Å². The van der Waals surface area contributed by atoms with Crippen LogP contribution in [0.5, 0.6) is 5.75 Å². The maximum absolute atomic E-state index is 8.65. The predicted octanol–water partition coefficient (Wildman–Crippen LogP) is 4.16. The van der Waals surface area contributed by atoms with Crippen LogP contribution in [0.25, 0.3) is 0 Å². The maximum Gasteiger partial charge on any atom is 0.119 e. The molecule has 1 N–H and O–H groups in total. The second-order valence-electron chi connectivity index (χ2n) is 4.92. The largest absolute Gasteiger partial charge is 0.494 e. The molecule has 0 amide bonds. The molecule has 0 unspecified atom stereocenters. The predicted molar refractivity (Wildman–Crippen MR) is 83.9 cm³/mol. The van der Waals surface area contributed by atoms with Crippen molar-refractivity contribution in [2.24, 2.45) is 0 Å². The van der Waals surface area contributed by atoms with Crippen molar-refractivity contribution < 1.29 is 9.84 Å². The summed E-state index contributed by atoms with van der Waals surface area (Å²) in [6.45, 7) is 3.15. The first-order valence-electron chi connectivity index (χ1n) is 7.69. The summed E-state index contributed by atoms with van der Waals surface area (Å²) < 4.78 is 5.70. The summed E-state index contributed by atoms with van der Waals surface area (Å²) >= 11 is 0. The first-order valence-corrected chi connectivity index (χ1v) is 7.69. The Bertz CT molecular complexity index is 398. The highest BCUT2D eigenvalue weighted by molar-refractivity contribution is 5.38. The standard InChI is InChI=1S/C18H26O2/c1-2-3-4-5-6-9-16-20-18-13-11-17(12-14-18)10-7-8-15-19/h11-14,19H,2-6,8-9,15-16H2,1H3. The van der Waals surface area contributed by atoms with Gasteiger partial charge < -0.3 is 9.84 Å². The number of aliphatic hydroxyl groups is 1. The van der Waals surface area contributed by atoms with Crippen molar-refractivity contribution in [2.45, 2.75) is 51.9 Å². The quantitative estimate of drug-likeness (QED) is 0.541. The Hall–Kier alpha value is -1.46. The molecular weight excluding hydrogens is 248 g/mol. The summed E-state index contributed by atoms with van der Waals surface area (Å²) in [7, 11) is 0. The van der Waals surface area contributed by atoms with E-state index in [9.17, 15) is 0 Å². The highest BCUT2D eigenvalue weighted by Gasteiger charge is 1.94. The summed E-state index contributed by atoms with van der Waals surface area (Å²) in [6.07, 6.45) is 8.21. The summed E-state index contributed by atoms with van der Waals surface area (Å²) in [4.78, 5) is 0. The molecule has 110 valence electrons. The fourth-order valence-electron chi connectivity index (χ4n) is 1.93. The van der Waals surface area contributed by atoms with Crippen molar-refractivity contribution in [3.63, 3.8) is 0 Å². The average Bonchev–Trinajstić information content (AvgIpc) is 2.48. The molecule has 1 rings (SSSR count). The third-order valence-electron chi connectivity index (χ3n) is 3.09. The zero-order valence-electron chi connectivity index (χ0n) is 12.5. The van der Waals surface area contributed by atoms with Crippen LogP contribution >= 0.6 is 0 Å². The highest BCUT2D eigenvalue weighted by atomic mass is 16.5. The van der Waals surface area contributed by atoms with Crippen LogP contribution in [0, 0.1) is 11.8 Å². The Morgan fingerprint density at radius 3 is 2.40 bits per heavy atom. The van der Waals surface area contributed by atoms with Crippen molar-refractivity contribution in [1.29, 1.82) is 0 Å². The van der Waals surface area contributed by atoms with E-state index in [1.54, 1.807) is 0 Å². The van der Waals surface area contributed by atoms with Crippen LogP contribution in [0.4, 0.5) is 0 Å². The van der Waals surface area contributed by atoms with Gasteiger partial charge in [-0.15, -0.1) is 0 Å². The Kier molecular flexibility index (Phi) is 9.44. The lowest BCUT2D eigenvalue weighted by Crippen LogP contribution is -1.97. The van der Waals surface area contributed by atoms with E-state index in [-0.39, 0.29) is 6.61 Å². The molecule has 0 spiro atoms. The van der Waals surface area contributed by atoms with Gasteiger partial charge in [0, 0.05) is 12.0 Å².